The van der Waals surface area contributed by atoms with Gasteiger partial charge in [0, 0.05) is 41.8 Å². The SMILES string of the molecule is CC=C(C)C(=O)O[C@H]1Cc2c3c(c4oc(CO)cc(=O)c4c2O)Cc2ccnc(N)c2CCC[C@]1(C)O3. The van der Waals surface area contributed by atoms with Crippen molar-refractivity contribution in [3.63, 3.8) is 0 Å². The largest absolute Gasteiger partial charge is 0.507 e. The summed E-state index contributed by atoms with van der Waals surface area (Å²) in [5.74, 6) is 0.149. The summed E-state index contributed by atoms with van der Waals surface area (Å²) in [6.07, 6.45) is 4.92. The zero-order valence-corrected chi connectivity index (χ0v) is 21.1. The summed E-state index contributed by atoms with van der Waals surface area (Å²) in [5.41, 5.74) is 8.20. The summed E-state index contributed by atoms with van der Waals surface area (Å²) in [6, 6.07) is 3.04. The van der Waals surface area contributed by atoms with Gasteiger partial charge in [0.15, 0.2) is 5.43 Å². The van der Waals surface area contributed by atoms with Crippen LogP contribution in [0.3, 0.4) is 0 Å². The first-order valence-electron chi connectivity index (χ1n) is 12.4. The normalized spacial score (nSPS) is 21.2. The molecule has 0 radical (unpaired) electrons. The molecule has 0 amide bonds. The van der Waals surface area contributed by atoms with Crippen LogP contribution in [0.25, 0.3) is 11.0 Å². The zero-order valence-electron chi connectivity index (χ0n) is 21.1. The average molecular weight is 507 g/mol. The Hall–Kier alpha value is -3.85. The second-order valence-electron chi connectivity index (χ2n) is 9.92. The molecule has 2 bridgehead atoms. The molecule has 2 atom stereocenters. The first-order valence-corrected chi connectivity index (χ1v) is 12.4. The molecule has 4 N–H and O–H groups in total. The first-order chi connectivity index (χ1) is 17.7. The fourth-order valence-corrected chi connectivity index (χ4v) is 5.30. The highest BCUT2D eigenvalue weighted by molar-refractivity contribution is 5.91. The second kappa shape index (κ2) is 9.23. The molecule has 9 nitrogen and oxygen atoms in total. The molecule has 0 saturated carbocycles. The van der Waals surface area contributed by atoms with Crippen LogP contribution >= 0.6 is 0 Å². The van der Waals surface area contributed by atoms with Gasteiger partial charge in [-0.2, -0.15) is 0 Å². The number of aromatic hydroxyl groups is 1. The van der Waals surface area contributed by atoms with Gasteiger partial charge < -0.3 is 29.8 Å². The lowest BCUT2D eigenvalue weighted by atomic mass is 9.81. The molecular weight excluding hydrogens is 476 g/mol. The van der Waals surface area contributed by atoms with E-state index in [1.54, 1.807) is 26.1 Å². The van der Waals surface area contributed by atoms with Crippen molar-refractivity contribution in [2.24, 2.45) is 0 Å². The summed E-state index contributed by atoms with van der Waals surface area (Å²) in [5, 5.41) is 21.0. The summed E-state index contributed by atoms with van der Waals surface area (Å²) >= 11 is 0. The van der Waals surface area contributed by atoms with E-state index in [9.17, 15) is 19.8 Å². The van der Waals surface area contributed by atoms with Crippen molar-refractivity contribution in [3.05, 3.63) is 68.2 Å². The van der Waals surface area contributed by atoms with Crippen LogP contribution in [-0.4, -0.2) is 32.9 Å². The molecule has 2 aliphatic rings. The zero-order chi connectivity index (χ0) is 26.5. The van der Waals surface area contributed by atoms with E-state index in [0.717, 1.165) is 17.2 Å². The Labute approximate surface area is 213 Å². The van der Waals surface area contributed by atoms with Gasteiger partial charge in [0.2, 0.25) is 0 Å². The number of nitrogen functional groups attached to an aromatic ring is 1. The van der Waals surface area contributed by atoms with Crippen molar-refractivity contribution < 1.29 is 28.9 Å². The number of allylic oxidation sites excluding steroid dienone is 1. The molecule has 2 aliphatic heterocycles. The Kier molecular flexibility index (Phi) is 6.19. The maximum Gasteiger partial charge on any atom is 0.333 e. The van der Waals surface area contributed by atoms with Crippen molar-refractivity contribution in [2.75, 3.05) is 5.73 Å². The summed E-state index contributed by atoms with van der Waals surface area (Å²) in [7, 11) is 0. The van der Waals surface area contributed by atoms with Gasteiger partial charge >= 0.3 is 5.97 Å². The number of ether oxygens (including phenoxy) is 2. The van der Waals surface area contributed by atoms with Gasteiger partial charge in [0.25, 0.3) is 0 Å². The van der Waals surface area contributed by atoms with E-state index in [1.165, 1.54) is 0 Å². The predicted molar refractivity (Wildman–Crippen MR) is 137 cm³/mol. The van der Waals surface area contributed by atoms with E-state index in [1.807, 2.05) is 13.0 Å². The number of carbonyl (C=O) groups excluding carboxylic acids is 1. The highest BCUT2D eigenvalue weighted by atomic mass is 16.6. The number of aliphatic hydroxyl groups excluding tert-OH is 1. The van der Waals surface area contributed by atoms with Crippen molar-refractivity contribution in [2.45, 2.75) is 71.2 Å². The van der Waals surface area contributed by atoms with E-state index >= 15 is 0 Å². The number of fused-ring (bicyclic) bond motifs is 4. The third-order valence-electron chi connectivity index (χ3n) is 7.56. The molecule has 194 valence electrons. The summed E-state index contributed by atoms with van der Waals surface area (Å²) in [4.78, 5) is 30.1. The van der Waals surface area contributed by atoms with Crippen LogP contribution in [0.2, 0.25) is 0 Å². The minimum Gasteiger partial charge on any atom is -0.507 e. The number of nitrogens with two attached hydrogens (primary N) is 1. The lowest BCUT2D eigenvalue weighted by Gasteiger charge is -2.43. The number of anilines is 1. The van der Waals surface area contributed by atoms with Crippen molar-refractivity contribution in [3.8, 4) is 11.5 Å². The molecular formula is C28H30N2O7. The number of phenols is 1. The third kappa shape index (κ3) is 4.13. The molecule has 2 aromatic heterocycles. The van der Waals surface area contributed by atoms with Gasteiger partial charge in [-0.25, -0.2) is 9.78 Å². The van der Waals surface area contributed by atoms with E-state index in [-0.39, 0.29) is 28.9 Å². The number of esters is 1. The number of nitrogens with zero attached hydrogens (tertiary/aromatic N) is 1. The number of aromatic nitrogens is 1. The number of phenolic OH excluding ortho intramolecular Hbond substituents is 1. The van der Waals surface area contributed by atoms with E-state index in [2.05, 4.69) is 4.98 Å². The van der Waals surface area contributed by atoms with E-state index < -0.39 is 29.7 Å². The van der Waals surface area contributed by atoms with Crippen LogP contribution in [0.15, 0.2) is 39.2 Å². The second-order valence-corrected chi connectivity index (χ2v) is 9.92. The number of hydrogen-bond acceptors (Lipinski definition) is 9. The van der Waals surface area contributed by atoms with Gasteiger partial charge in [0.1, 0.15) is 52.4 Å². The van der Waals surface area contributed by atoms with E-state index in [4.69, 9.17) is 19.6 Å². The van der Waals surface area contributed by atoms with Crippen LogP contribution in [0.5, 0.6) is 11.5 Å². The van der Waals surface area contributed by atoms with Gasteiger partial charge in [-0.1, -0.05) is 6.08 Å². The van der Waals surface area contributed by atoms with Crippen molar-refractivity contribution in [1.82, 2.24) is 4.98 Å². The Bertz CT molecular complexity index is 1510. The third-order valence-corrected chi connectivity index (χ3v) is 7.56. The number of hydrogen-bond donors (Lipinski definition) is 3. The van der Waals surface area contributed by atoms with Crippen molar-refractivity contribution >= 4 is 22.8 Å². The Morgan fingerprint density at radius 3 is 2.86 bits per heavy atom. The number of benzene rings is 1. The van der Waals surface area contributed by atoms with Gasteiger partial charge in [-0.3, -0.25) is 4.79 Å². The number of pyridine rings is 1. The highest BCUT2D eigenvalue weighted by Gasteiger charge is 2.46. The molecule has 4 heterocycles. The molecule has 0 aliphatic carbocycles. The van der Waals surface area contributed by atoms with Gasteiger partial charge in [-0.15, -0.1) is 0 Å². The lowest BCUT2D eigenvalue weighted by molar-refractivity contribution is -0.159. The topological polar surface area (TPSA) is 145 Å². The molecule has 1 aromatic carbocycles. The van der Waals surface area contributed by atoms with Crippen LogP contribution < -0.4 is 15.9 Å². The Morgan fingerprint density at radius 2 is 2.14 bits per heavy atom. The van der Waals surface area contributed by atoms with Crippen LogP contribution in [-0.2, 0) is 35.4 Å². The van der Waals surface area contributed by atoms with Gasteiger partial charge in [0.05, 0.1) is 0 Å². The maximum absolute atomic E-state index is 13.1. The fourth-order valence-electron chi connectivity index (χ4n) is 5.30. The van der Waals surface area contributed by atoms with Crippen LogP contribution in [0, 0.1) is 0 Å². The molecule has 0 saturated heterocycles. The number of carbonyl (C=O) groups is 1. The molecule has 9 heteroatoms. The molecule has 0 spiro atoms. The van der Waals surface area contributed by atoms with E-state index in [0.29, 0.717) is 54.0 Å². The Balaban J connectivity index is 1.80. The lowest BCUT2D eigenvalue weighted by Crippen LogP contribution is -2.51. The minimum absolute atomic E-state index is 0.00602. The fraction of sp³-hybridized carbons (Fsp3) is 0.393. The maximum atomic E-state index is 13.1. The predicted octanol–water partition coefficient (Wildman–Crippen LogP) is 3.47. The number of rotatable bonds is 3. The monoisotopic (exact) mass is 506 g/mol. The molecule has 37 heavy (non-hydrogen) atoms. The standard InChI is InChI=1S/C28H30N2O7/c1-4-14(2)27(34)36-21-12-18-23(33)22-20(32)11-16(13-31)35-25(22)19-10-15-7-9-30-26(29)17(15)6-5-8-28(21,3)37-24(18)19/h4,7,9,11,21,31,33H,5-6,8,10,12-13H2,1-3H3,(H2,29,30)/t21-,28-/m0/s1. The molecule has 5 rings (SSSR count). The molecule has 0 fully saturated rings. The smallest absolute Gasteiger partial charge is 0.333 e. The average Bonchev–Trinajstić information content (AvgIpc) is 2.87. The minimum atomic E-state index is -0.922. The first kappa shape index (κ1) is 24.8. The Morgan fingerprint density at radius 1 is 1.35 bits per heavy atom. The summed E-state index contributed by atoms with van der Waals surface area (Å²) in [6.45, 7) is 4.85. The van der Waals surface area contributed by atoms with Crippen LogP contribution in [0.4, 0.5) is 5.82 Å². The highest BCUT2D eigenvalue weighted by Crippen LogP contribution is 2.48. The molecule has 3 aromatic rings. The molecule has 0 unspecified atom stereocenters. The summed E-state index contributed by atoms with van der Waals surface area (Å²) < 4.78 is 18.5. The number of aliphatic hydroxyl groups is 1. The van der Waals surface area contributed by atoms with Gasteiger partial charge in [-0.05, 0) is 57.2 Å². The van der Waals surface area contributed by atoms with Crippen LogP contribution in [0.1, 0.15) is 61.6 Å². The quantitative estimate of drug-likeness (QED) is 0.359. The van der Waals surface area contributed by atoms with Crippen molar-refractivity contribution in [1.29, 1.82) is 0 Å².